The van der Waals surface area contributed by atoms with Crippen molar-refractivity contribution in [1.29, 1.82) is 0 Å². The molecule has 1 unspecified atom stereocenters. The molecule has 2 heterocycles. The Balaban J connectivity index is 1.52. The molecule has 1 atom stereocenters. The van der Waals surface area contributed by atoms with Gasteiger partial charge in [-0.25, -0.2) is 4.99 Å². The summed E-state index contributed by atoms with van der Waals surface area (Å²) in [4.78, 5) is 7.31. The molecule has 0 spiro atoms. The molecule has 1 aliphatic heterocycles. The summed E-state index contributed by atoms with van der Waals surface area (Å²) in [5.74, 6) is 0.960. The van der Waals surface area contributed by atoms with Crippen molar-refractivity contribution in [1.82, 2.24) is 15.5 Å². The van der Waals surface area contributed by atoms with Gasteiger partial charge in [-0.15, -0.1) is 0 Å². The maximum absolute atomic E-state index is 4.69. The molecule has 1 aliphatic carbocycles. The van der Waals surface area contributed by atoms with Gasteiger partial charge < -0.3 is 10.6 Å². The minimum atomic E-state index is 0.552. The Morgan fingerprint density at radius 1 is 1.45 bits per heavy atom. The summed E-state index contributed by atoms with van der Waals surface area (Å²) < 4.78 is 0. The van der Waals surface area contributed by atoms with Crippen molar-refractivity contribution >= 4 is 17.3 Å². The summed E-state index contributed by atoms with van der Waals surface area (Å²) >= 11 is 1.73. The average molecular weight is 292 g/mol. The van der Waals surface area contributed by atoms with Crippen LogP contribution >= 0.6 is 11.3 Å². The van der Waals surface area contributed by atoms with Crippen LogP contribution in [0.1, 0.15) is 31.7 Å². The number of rotatable bonds is 5. The van der Waals surface area contributed by atoms with Crippen LogP contribution in [-0.4, -0.2) is 42.6 Å². The summed E-state index contributed by atoms with van der Waals surface area (Å²) in [6.45, 7) is 6.21. The molecule has 2 aliphatic rings. The lowest BCUT2D eigenvalue weighted by atomic mass is 10.3. The fraction of sp³-hybridized carbons (Fsp3) is 0.667. The van der Waals surface area contributed by atoms with E-state index in [1.165, 1.54) is 37.9 Å². The topological polar surface area (TPSA) is 39.7 Å². The maximum Gasteiger partial charge on any atom is 0.191 e. The fourth-order valence-corrected chi connectivity index (χ4v) is 3.40. The molecule has 0 aromatic carbocycles. The van der Waals surface area contributed by atoms with Crippen LogP contribution in [-0.2, 0) is 6.54 Å². The predicted octanol–water partition coefficient (Wildman–Crippen LogP) is 2.04. The predicted molar refractivity (Wildman–Crippen MR) is 85.3 cm³/mol. The lowest BCUT2D eigenvalue weighted by molar-refractivity contribution is 0.321. The van der Waals surface area contributed by atoms with Gasteiger partial charge in [0.2, 0.25) is 0 Å². The van der Waals surface area contributed by atoms with Crippen LogP contribution in [0, 0.1) is 0 Å². The van der Waals surface area contributed by atoms with E-state index in [-0.39, 0.29) is 0 Å². The maximum atomic E-state index is 4.69. The minimum absolute atomic E-state index is 0.552. The molecule has 1 aromatic rings. The SMILES string of the molecule is CCNC(=NCc1ccsc1)NC1CCN(C2CC2)C1. The molecule has 1 saturated heterocycles. The zero-order valence-corrected chi connectivity index (χ0v) is 13.0. The molecule has 5 heteroatoms. The molecule has 110 valence electrons. The molecule has 2 N–H and O–H groups in total. The average Bonchev–Trinajstić information content (AvgIpc) is 2.99. The van der Waals surface area contributed by atoms with Crippen LogP contribution in [0.3, 0.4) is 0 Å². The van der Waals surface area contributed by atoms with E-state index >= 15 is 0 Å². The van der Waals surface area contributed by atoms with Crippen LogP contribution in [0.2, 0.25) is 0 Å². The molecule has 4 nitrogen and oxygen atoms in total. The number of nitrogens with one attached hydrogen (secondary N) is 2. The van der Waals surface area contributed by atoms with Crippen LogP contribution in [0.5, 0.6) is 0 Å². The van der Waals surface area contributed by atoms with Crippen LogP contribution < -0.4 is 10.6 Å². The Morgan fingerprint density at radius 2 is 2.35 bits per heavy atom. The Morgan fingerprint density at radius 3 is 3.05 bits per heavy atom. The minimum Gasteiger partial charge on any atom is -0.357 e. The number of thiophene rings is 1. The van der Waals surface area contributed by atoms with E-state index in [1.807, 2.05) is 0 Å². The van der Waals surface area contributed by atoms with Crippen molar-refractivity contribution in [3.63, 3.8) is 0 Å². The standard InChI is InChI=1S/C15H24N4S/c1-2-16-15(17-9-12-6-8-20-11-12)18-13-5-7-19(10-13)14-3-4-14/h6,8,11,13-14H,2-5,7,9-10H2,1H3,(H2,16,17,18). The normalized spacial score (nSPS) is 24.1. The van der Waals surface area contributed by atoms with Gasteiger partial charge in [-0.3, -0.25) is 4.90 Å². The summed E-state index contributed by atoms with van der Waals surface area (Å²) in [6.07, 6.45) is 4.04. The second-order valence-electron chi connectivity index (χ2n) is 5.68. The molecule has 1 saturated carbocycles. The number of hydrogen-bond acceptors (Lipinski definition) is 3. The van der Waals surface area contributed by atoms with E-state index in [0.717, 1.165) is 25.1 Å². The van der Waals surface area contributed by atoms with Gasteiger partial charge in [-0.2, -0.15) is 11.3 Å². The molecule has 1 aromatic heterocycles. The highest BCUT2D eigenvalue weighted by atomic mass is 32.1. The molecule has 3 rings (SSSR count). The highest BCUT2D eigenvalue weighted by molar-refractivity contribution is 7.07. The molecule has 20 heavy (non-hydrogen) atoms. The first-order valence-corrected chi connectivity index (χ1v) is 8.59. The van der Waals surface area contributed by atoms with Gasteiger partial charge in [0.25, 0.3) is 0 Å². The smallest absolute Gasteiger partial charge is 0.191 e. The number of aliphatic imine (C=N–C) groups is 1. The quantitative estimate of drug-likeness (QED) is 0.644. The van der Waals surface area contributed by atoms with Crippen LogP contribution in [0.15, 0.2) is 21.8 Å². The van der Waals surface area contributed by atoms with Gasteiger partial charge in [-0.05, 0) is 48.6 Å². The van der Waals surface area contributed by atoms with Gasteiger partial charge in [0.1, 0.15) is 0 Å². The second kappa shape index (κ2) is 6.59. The summed E-state index contributed by atoms with van der Waals surface area (Å²) in [6, 6.07) is 3.57. The van der Waals surface area contributed by atoms with Crippen molar-refractivity contribution in [3.05, 3.63) is 22.4 Å². The van der Waals surface area contributed by atoms with Crippen molar-refractivity contribution in [2.45, 2.75) is 44.8 Å². The van der Waals surface area contributed by atoms with Gasteiger partial charge >= 0.3 is 0 Å². The molecule has 0 radical (unpaired) electrons. The number of hydrogen-bond donors (Lipinski definition) is 2. The number of nitrogens with zero attached hydrogens (tertiary/aromatic N) is 2. The van der Waals surface area contributed by atoms with E-state index < -0.39 is 0 Å². The van der Waals surface area contributed by atoms with E-state index in [0.29, 0.717) is 6.04 Å². The van der Waals surface area contributed by atoms with Gasteiger partial charge in [0, 0.05) is 31.7 Å². The van der Waals surface area contributed by atoms with Crippen molar-refractivity contribution in [2.24, 2.45) is 4.99 Å². The van der Waals surface area contributed by atoms with E-state index in [9.17, 15) is 0 Å². The van der Waals surface area contributed by atoms with Crippen molar-refractivity contribution in [3.8, 4) is 0 Å². The number of likely N-dealkylation sites (tertiary alicyclic amines) is 1. The Labute approximate surface area is 125 Å². The zero-order valence-electron chi connectivity index (χ0n) is 12.1. The highest BCUT2D eigenvalue weighted by Gasteiger charge is 2.34. The monoisotopic (exact) mass is 292 g/mol. The largest absolute Gasteiger partial charge is 0.357 e. The fourth-order valence-electron chi connectivity index (χ4n) is 2.74. The van der Waals surface area contributed by atoms with E-state index in [2.05, 4.69) is 44.3 Å². The summed E-state index contributed by atoms with van der Waals surface area (Å²) in [5, 5.41) is 11.2. The van der Waals surface area contributed by atoms with Crippen molar-refractivity contribution in [2.75, 3.05) is 19.6 Å². The lowest BCUT2D eigenvalue weighted by Crippen LogP contribution is -2.44. The third-order valence-electron chi connectivity index (χ3n) is 3.97. The van der Waals surface area contributed by atoms with Gasteiger partial charge in [0.15, 0.2) is 5.96 Å². The Hall–Kier alpha value is -1.07. The molecule has 0 amide bonds. The Bertz CT molecular complexity index is 439. The molecule has 0 bridgehead atoms. The first-order chi connectivity index (χ1) is 9.85. The van der Waals surface area contributed by atoms with Gasteiger partial charge in [-0.1, -0.05) is 0 Å². The van der Waals surface area contributed by atoms with Crippen molar-refractivity contribution < 1.29 is 0 Å². The van der Waals surface area contributed by atoms with E-state index in [1.54, 1.807) is 11.3 Å². The molecule has 2 fully saturated rings. The second-order valence-corrected chi connectivity index (χ2v) is 6.46. The number of guanidine groups is 1. The summed E-state index contributed by atoms with van der Waals surface area (Å²) in [5.41, 5.74) is 1.29. The Kier molecular flexibility index (Phi) is 4.58. The van der Waals surface area contributed by atoms with E-state index in [4.69, 9.17) is 0 Å². The zero-order chi connectivity index (χ0) is 13.8. The molecular weight excluding hydrogens is 268 g/mol. The summed E-state index contributed by atoms with van der Waals surface area (Å²) in [7, 11) is 0. The third kappa shape index (κ3) is 3.73. The molecular formula is C15H24N4S. The van der Waals surface area contributed by atoms with Crippen LogP contribution in [0.4, 0.5) is 0 Å². The highest BCUT2D eigenvalue weighted by Crippen LogP contribution is 2.29. The lowest BCUT2D eigenvalue weighted by Gasteiger charge is -2.18. The third-order valence-corrected chi connectivity index (χ3v) is 4.70. The first kappa shape index (κ1) is 13.9. The van der Waals surface area contributed by atoms with Crippen LogP contribution in [0.25, 0.3) is 0 Å². The van der Waals surface area contributed by atoms with Gasteiger partial charge in [0.05, 0.1) is 6.54 Å². The first-order valence-electron chi connectivity index (χ1n) is 7.65.